The fourth-order valence-electron chi connectivity index (χ4n) is 1.07. The molecule has 0 aromatic carbocycles. The van der Waals surface area contributed by atoms with Gasteiger partial charge in [0.15, 0.2) is 0 Å². The van der Waals surface area contributed by atoms with Crippen molar-refractivity contribution in [2.75, 3.05) is 13.2 Å². The molecular weight excluding hydrogens is 236 g/mol. The van der Waals surface area contributed by atoms with Gasteiger partial charge in [-0.05, 0) is 20.4 Å². The van der Waals surface area contributed by atoms with Crippen molar-refractivity contribution in [2.24, 2.45) is 5.73 Å². The van der Waals surface area contributed by atoms with Crippen molar-refractivity contribution in [3.05, 3.63) is 15.6 Å². The Labute approximate surface area is 99.2 Å². The van der Waals surface area contributed by atoms with E-state index in [4.69, 9.17) is 10.5 Å². The summed E-state index contributed by atoms with van der Waals surface area (Å²) in [4.78, 5) is 16.2. The minimum absolute atomic E-state index is 0. The number of hydrogen-bond acceptors (Lipinski definition) is 5. The number of ether oxygens (including phenoxy) is 1. The highest BCUT2D eigenvalue weighted by Gasteiger charge is 2.15. The highest BCUT2D eigenvalue weighted by atomic mass is 35.5. The van der Waals surface area contributed by atoms with Gasteiger partial charge in [-0.2, -0.15) is 0 Å². The normalized spacial score (nSPS) is 9.53. The number of esters is 1. The van der Waals surface area contributed by atoms with Crippen LogP contribution >= 0.6 is 23.7 Å². The number of rotatable bonds is 4. The Hall–Kier alpha value is -0.650. The first-order valence-corrected chi connectivity index (χ1v) is 5.34. The molecule has 1 aromatic heterocycles. The van der Waals surface area contributed by atoms with Gasteiger partial charge in [0.25, 0.3) is 0 Å². The van der Waals surface area contributed by atoms with Crippen molar-refractivity contribution < 1.29 is 9.53 Å². The summed E-state index contributed by atoms with van der Waals surface area (Å²) in [6, 6.07) is 0. The minimum atomic E-state index is -0.286. The van der Waals surface area contributed by atoms with Gasteiger partial charge in [-0.3, -0.25) is 0 Å². The van der Waals surface area contributed by atoms with E-state index in [1.54, 1.807) is 6.92 Å². The standard InChI is InChI=1S/C9H14N2O2S.ClH/c1-3-13-9(12)8-6(2)11-7(14-8)4-5-10;/h3-5,10H2,1-2H3;1H. The molecule has 0 amide bonds. The average molecular weight is 251 g/mol. The molecule has 0 fully saturated rings. The van der Waals surface area contributed by atoms with Crippen molar-refractivity contribution in [3.8, 4) is 0 Å². The average Bonchev–Trinajstić information content (AvgIpc) is 2.48. The van der Waals surface area contributed by atoms with Crippen molar-refractivity contribution in [1.82, 2.24) is 4.98 Å². The quantitative estimate of drug-likeness (QED) is 0.824. The van der Waals surface area contributed by atoms with E-state index >= 15 is 0 Å². The minimum Gasteiger partial charge on any atom is -0.462 e. The number of carbonyl (C=O) groups is 1. The van der Waals surface area contributed by atoms with Gasteiger partial charge >= 0.3 is 5.97 Å². The van der Waals surface area contributed by atoms with Crippen molar-refractivity contribution in [3.63, 3.8) is 0 Å². The van der Waals surface area contributed by atoms with Crippen LogP contribution < -0.4 is 5.73 Å². The molecule has 15 heavy (non-hydrogen) atoms. The third-order valence-electron chi connectivity index (χ3n) is 1.66. The molecular formula is C9H15ClN2O2S. The molecule has 6 heteroatoms. The fraction of sp³-hybridized carbons (Fsp3) is 0.556. The number of hydrogen-bond donors (Lipinski definition) is 1. The Kier molecular flexibility index (Phi) is 6.47. The Bertz CT molecular complexity index is 328. The van der Waals surface area contributed by atoms with Crippen molar-refractivity contribution in [2.45, 2.75) is 20.3 Å². The number of aryl methyl sites for hydroxylation is 1. The molecule has 2 N–H and O–H groups in total. The Morgan fingerprint density at radius 2 is 2.27 bits per heavy atom. The maximum absolute atomic E-state index is 11.4. The van der Waals surface area contributed by atoms with Crippen LogP contribution in [-0.2, 0) is 11.2 Å². The number of carbonyl (C=O) groups excluding carboxylic acids is 1. The van der Waals surface area contributed by atoms with Crippen LogP contribution in [0, 0.1) is 6.92 Å². The molecule has 0 aliphatic carbocycles. The number of halogens is 1. The topological polar surface area (TPSA) is 65.2 Å². The lowest BCUT2D eigenvalue weighted by molar-refractivity contribution is 0.0531. The van der Waals surface area contributed by atoms with Crippen LogP contribution in [0.3, 0.4) is 0 Å². The second-order valence-electron chi connectivity index (χ2n) is 2.78. The maximum atomic E-state index is 11.4. The molecule has 0 atom stereocenters. The second kappa shape index (κ2) is 6.76. The van der Waals surface area contributed by atoms with Gasteiger partial charge in [-0.1, -0.05) is 0 Å². The summed E-state index contributed by atoms with van der Waals surface area (Å²) in [5.74, 6) is -0.286. The summed E-state index contributed by atoms with van der Waals surface area (Å²) in [7, 11) is 0. The van der Waals surface area contributed by atoms with Gasteiger partial charge in [-0.25, -0.2) is 9.78 Å². The van der Waals surface area contributed by atoms with Crippen LogP contribution in [0.4, 0.5) is 0 Å². The lowest BCUT2D eigenvalue weighted by atomic mass is 10.4. The van der Waals surface area contributed by atoms with E-state index in [-0.39, 0.29) is 18.4 Å². The monoisotopic (exact) mass is 250 g/mol. The van der Waals surface area contributed by atoms with Crippen LogP contribution in [0.1, 0.15) is 27.3 Å². The zero-order valence-electron chi connectivity index (χ0n) is 8.78. The number of nitrogens with zero attached hydrogens (tertiary/aromatic N) is 1. The van der Waals surface area contributed by atoms with Crippen molar-refractivity contribution in [1.29, 1.82) is 0 Å². The summed E-state index contributed by atoms with van der Waals surface area (Å²) in [5, 5.41) is 0.896. The molecule has 4 nitrogen and oxygen atoms in total. The predicted molar refractivity (Wildman–Crippen MR) is 62.8 cm³/mol. The SMILES string of the molecule is CCOC(=O)c1sc(CCN)nc1C.Cl. The highest BCUT2D eigenvalue weighted by molar-refractivity contribution is 7.13. The molecule has 0 unspecified atom stereocenters. The van der Waals surface area contributed by atoms with Gasteiger partial charge in [0.1, 0.15) is 4.88 Å². The number of thiazole rings is 1. The molecule has 0 radical (unpaired) electrons. The van der Waals surface area contributed by atoms with Gasteiger partial charge in [0.2, 0.25) is 0 Å². The molecule has 0 aliphatic rings. The Balaban J connectivity index is 0.00000196. The smallest absolute Gasteiger partial charge is 0.350 e. The van der Waals surface area contributed by atoms with E-state index in [0.717, 1.165) is 10.7 Å². The summed E-state index contributed by atoms with van der Waals surface area (Å²) < 4.78 is 4.90. The molecule has 86 valence electrons. The predicted octanol–water partition coefficient (Wildman–Crippen LogP) is 1.55. The molecule has 1 heterocycles. The first-order valence-electron chi connectivity index (χ1n) is 4.52. The molecule has 0 bridgehead atoms. The van der Waals surface area contributed by atoms with E-state index in [2.05, 4.69) is 4.98 Å². The third kappa shape index (κ3) is 3.77. The van der Waals surface area contributed by atoms with Crippen LogP contribution in [0.5, 0.6) is 0 Å². The van der Waals surface area contributed by atoms with Gasteiger partial charge < -0.3 is 10.5 Å². The molecule has 0 saturated heterocycles. The molecule has 0 spiro atoms. The zero-order chi connectivity index (χ0) is 10.6. The molecule has 0 saturated carbocycles. The van der Waals surface area contributed by atoms with E-state index in [9.17, 15) is 4.79 Å². The Morgan fingerprint density at radius 3 is 2.80 bits per heavy atom. The Morgan fingerprint density at radius 1 is 1.60 bits per heavy atom. The van der Waals surface area contributed by atoms with Gasteiger partial charge in [0, 0.05) is 6.42 Å². The lowest BCUT2D eigenvalue weighted by Crippen LogP contribution is -2.03. The first-order chi connectivity index (χ1) is 6.69. The van der Waals surface area contributed by atoms with Crippen molar-refractivity contribution >= 4 is 29.7 Å². The summed E-state index contributed by atoms with van der Waals surface area (Å²) in [6.45, 7) is 4.54. The summed E-state index contributed by atoms with van der Waals surface area (Å²) in [6.07, 6.45) is 0.713. The third-order valence-corrected chi connectivity index (χ3v) is 2.86. The largest absolute Gasteiger partial charge is 0.462 e. The van der Waals surface area contributed by atoms with E-state index in [1.165, 1.54) is 11.3 Å². The van der Waals surface area contributed by atoms with Gasteiger partial charge in [0.05, 0.1) is 17.3 Å². The van der Waals surface area contributed by atoms with Crippen LogP contribution in [-0.4, -0.2) is 24.1 Å². The summed E-state index contributed by atoms with van der Waals surface area (Å²) >= 11 is 1.37. The second-order valence-corrected chi connectivity index (χ2v) is 3.86. The number of nitrogens with two attached hydrogens (primary N) is 1. The summed E-state index contributed by atoms with van der Waals surface area (Å²) in [5.41, 5.74) is 6.14. The first kappa shape index (κ1) is 14.3. The van der Waals surface area contributed by atoms with E-state index in [1.807, 2.05) is 6.92 Å². The molecule has 1 rings (SSSR count). The molecule has 0 aliphatic heterocycles. The maximum Gasteiger partial charge on any atom is 0.350 e. The van der Waals surface area contributed by atoms with Crippen LogP contribution in [0.2, 0.25) is 0 Å². The van der Waals surface area contributed by atoms with E-state index in [0.29, 0.717) is 24.4 Å². The highest BCUT2D eigenvalue weighted by Crippen LogP contribution is 2.19. The van der Waals surface area contributed by atoms with Crippen LogP contribution in [0.15, 0.2) is 0 Å². The zero-order valence-corrected chi connectivity index (χ0v) is 10.4. The lowest BCUT2D eigenvalue weighted by Gasteiger charge is -1.97. The molecule has 1 aromatic rings. The van der Waals surface area contributed by atoms with Crippen LogP contribution in [0.25, 0.3) is 0 Å². The number of aromatic nitrogens is 1. The van der Waals surface area contributed by atoms with E-state index < -0.39 is 0 Å². The van der Waals surface area contributed by atoms with Gasteiger partial charge in [-0.15, -0.1) is 23.7 Å². The fourth-order valence-corrected chi connectivity index (χ4v) is 2.04.